The third kappa shape index (κ3) is 1.84. The molecule has 0 aliphatic rings. The maximum absolute atomic E-state index is 6.01. The van der Waals surface area contributed by atoms with Crippen LogP contribution in [0.3, 0.4) is 0 Å². The van der Waals surface area contributed by atoms with Gasteiger partial charge in [0.1, 0.15) is 5.75 Å². The highest BCUT2D eigenvalue weighted by molar-refractivity contribution is 6.31. The van der Waals surface area contributed by atoms with E-state index in [9.17, 15) is 0 Å². The molecule has 0 radical (unpaired) electrons. The standard InChI is InChI=1S/C11H12ClN3O/c1-6-3-7(12)4-8(10(6)16-2)9-5-14-11(13)15-9/h3-5H,1-2H3,(H3,13,14,15). The molecular weight excluding hydrogens is 226 g/mol. The number of rotatable bonds is 2. The highest BCUT2D eigenvalue weighted by Gasteiger charge is 2.12. The molecule has 0 atom stereocenters. The van der Waals surface area contributed by atoms with Gasteiger partial charge in [-0.25, -0.2) is 4.98 Å². The number of benzene rings is 1. The number of nitrogens with two attached hydrogens (primary N) is 1. The Labute approximate surface area is 98.4 Å². The van der Waals surface area contributed by atoms with Gasteiger partial charge in [0.15, 0.2) is 5.95 Å². The molecule has 16 heavy (non-hydrogen) atoms. The molecular formula is C11H12ClN3O. The molecule has 0 bridgehead atoms. The fourth-order valence-electron chi connectivity index (χ4n) is 1.67. The molecule has 0 aliphatic carbocycles. The second-order valence-corrected chi connectivity index (χ2v) is 3.92. The van der Waals surface area contributed by atoms with Crippen LogP contribution in [0.1, 0.15) is 5.56 Å². The van der Waals surface area contributed by atoms with Crippen LogP contribution in [-0.4, -0.2) is 17.1 Å². The summed E-state index contributed by atoms with van der Waals surface area (Å²) in [4.78, 5) is 6.90. The number of ether oxygens (including phenoxy) is 1. The van der Waals surface area contributed by atoms with Crippen LogP contribution in [0.5, 0.6) is 5.75 Å². The van der Waals surface area contributed by atoms with Crippen LogP contribution in [0.15, 0.2) is 18.3 Å². The van der Waals surface area contributed by atoms with Gasteiger partial charge in [0.05, 0.1) is 19.0 Å². The maximum Gasteiger partial charge on any atom is 0.197 e. The first kappa shape index (κ1) is 10.8. The number of nitrogen functional groups attached to an aromatic ring is 1. The van der Waals surface area contributed by atoms with Gasteiger partial charge in [-0.1, -0.05) is 11.6 Å². The molecule has 2 rings (SSSR count). The number of hydrogen-bond donors (Lipinski definition) is 2. The molecule has 0 amide bonds. The lowest BCUT2D eigenvalue weighted by Gasteiger charge is -2.10. The lowest BCUT2D eigenvalue weighted by molar-refractivity contribution is 0.413. The summed E-state index contributed by atoms with van der Waals surface area (Å²) >= 11 is 6.01. The number of hydrogen-bond acceptors (Lipinski definition) is 3. The van der Waals surface area contributed by atoms with E-state index in [4.69, 9.17) is 22.1 Å². The minimum Gasteiger partial charge on any atom is -0.496 e. The van der Waals surface area contributed by atoms with Crippen LogP contribution in [0.2, 0.25) is 5.02 Å². The summed E-state index contributed by atoms with van der Waals surface area (Å²) in [5.41, 5.74) is 8.16. The van der Waals surface area contributed by atoms with Crippen molar-refractivity contribution < 1.29 is 4.74 Å². The molecule has 0 spiro atoms. The molecule has 2 aromatic rings. The van der Waals surface area contributed by atoms with E-state index in [0.29, 0.717) is 11.0 Å². The smallest absolute Gasteiger partial charge is 0.197 e. The predicted octanol–water partition coefficient (Wildman–Crippen LogP) is 2.63. The van der Waals surface area contributed by atoms with Crippen LogP contribution in [0.25, 0.3) is 11.3 Å². The number of nitrogens with zero attached hydrogens (tertiary/aromatic N) is 1. The van der Waals surface area contributed by atoms with E-state index in [2.05, 4.69) is 9.97 Å². The van der Waals surface area contributed by atoms with Crippen LogP contribution in [0.4, 0.5) is 5.95 Å². The summed E-state index contributed by atoms with van der Waals surface area (Å²) in [5, 5.41) is 0.654. The average Bonchev–Trinajstić information content (AvgIpc) is 2.63. The third-order valence-corrected chi connectivity index (χ3v) is 2.55. The van der Waals surface area contributed by atoms with E-state index in [1.165, 1.54) is 0 Å². The van der Waals surface area contributed by atoms with Gasteiger partial charge in [0, 0.05) is 10.6 Å². The van der Waals surface area contributed by atoms with Gasteiger partial charge in [0.2, 0.25) is 0 Å². The van der Waals surface area contributed by atoms with Gasteiger partial charge in [-0.3, -0.25) is 0 Å². The first-order valence-corrected chi connectivity index (χ1v) is 5.14. The van der Waals surface area contributed by atoms with E-state index < -0.39 is 0 Å². The molecule has 1 aromatic carbocycles. The lowest BCUT2D eigenvalue weighted by Crippen LogP contribution is -1.92. The number of halogens is 1. The van der Waals surface area contributed by atoms with E-state index >= 15 is 0 Å². The van der Waals surface area contributed by atoms with Crippen LogP contribution in [0, 0.1) is 6.92 Å². The van der Waals surface area contributed by atoms with Crippen LogP contribution in [-0.2, 0) is 0 Å². The molecule has 3 N–H and O–H groups in total. The summed E-state index contributed by atoms with van der Waals surface area (Å²) in [6.07, 6.45) is 1.66. The van der Waals surface area contributed by atoms with Crippen molar-refractivity contribution in [3.05, 3.63) is 28.9 Å². The Morgan fingerprint density at radius 1 is 1.44 bits per heavy atom. The molecule has 4 nitrogen and oxygen atoms in total. The Hall–Kier alpha value is -1.68. The Morgan fingerprint density at radius 2 is 2.19 bits per heavy atom. The number of nitrogens with one attached hydrogen (secondary N) is 1. The molecule has 0 unspecified atom stereocenters. The summed E-state index contributed by atoms with van der Waals surface area (Å²) in [5.74, 6) is 1.14. The monoisotopic (exact) mass is 237 g/mol. The second-order valence-electron chi connectivity index (χ2n) is 3.49. The predicted molar refractivity (Wildman–Crippen MR) is 64.7 cm³/mol. The molecule has 0 saturated heterocycles. The van der Waals surface area contributed by atoms with Gasteiger partial charge in [0.25, 0.3) is 0 Å². The molecule has 0 fully saturated rings. The van der Waals surface area contributed by atoms with Gasteiger partial charge >= 0.3 is 0 Å². The first-order valence-electron chi connectivity index (χ1n) is 4.77. The van der Waals surface area contributed by atoms with E-state index in [0.717, 1.165) is 22.6 Å². The maximum atomic E-state index is 6.01. The molecule has 1 heterocycles. The van der Waals surface area contributed by atoms with Crippen LogP contribution < -0.4 is 10.5 Å². The minimum atomic E-state index is 0.370. The van der Waals surface area contributed by atoms with Gasteiger partial charge in [-0.15, -0.1) is 0 Å². The Kier molecular flexibility index (Phi) is 2.75. The summed E-state index contributed by atoms with van der Waals surface area (Å²) in [6.45, 7) is 1.94. The normalized spacial score (nSPS) is 10.4. The Morgan fingerprint density at radius 3 is 2.75 bits per heavy atom. The summed E-state index contributed by atoms with van der Waals surface area (Å²) in [7, 11) is 1.62. The third-order valence-electron chi connectivity index (χ3n) is 2.33. The molecule has 84 valence electrons. The highest BCUT2D eigenvalue weighted by atomic mass is 35.5. The van der Waals surface area contributed by atoms with E-state index in [1.807, 2.05) is 19.1 Å². The second kappa shape index (κ2) is 4.06. The van der Waals surface area contributed by atoms with Gasteiger partial charge < -0.3 is 15.5 Å². The summed E-state index contributed by atoms with van der Waals surface area (Å²) in [6, 6.07) is 3.67. The average molecular weight is 238 g/mol. The Balaban J connectivity index is 2.63. The van der Waals surface area contributed by atoms with Crippen molar-refractivity contribution in [1.29, 1.82) is 0 Å². The fourth-order valence-corrected chi connectivity index (χ4v) is 1.95. The zero-order valence-corrected chi connectivity index (χ0v) is 9.80. The molecule has 0 aliphatic heterocycles. The number of aryl methyl sites for hydroxylation is 1. The van der Waals surface area contributed by atoms with Crippen molar-refractivity contribution >= 4 is 17.5 Å². The van der Waals surface area contributed by atoms with Crippen molar-refractivity contribution in [2.75, 3.05) is 12.8 Å². The first-order chi connectivity index (χ1) is 7.61. The van der Waals surface area contributed by atoms with Crippen molar-refractivity contribution in [3.63, 3.8) is 0 Å². The van der Waals surface area contributed by atoms with E-state index in [1.54, 1.807) is 13.3 Å². The van der Waals surface area contributed by atoms with Crippen molar-refractivity contribution in [1.82, 2.24) is 9.97 Å². The number of methoxy groups -OCH3 is 1. The van der Waals surface area contributed by atoms with Gasteiger partial charge in [-0.05, 0) is 24.6 Å². The number of aromatic amines is 1. The quantitative estimate of drug-likeness (QED) is 0.844. The largest absolute Gasteiger partial charge is 0.496 e. The van der Waals surface area contributed by atoms with Crippen LogP contribution >= 0.6 is 11.6 Å². The van der Waals surface area contributed by atoms with E-state index in [-0.39, 0.29) is 0 Å². The Bertz CT molecular complexity index is 522. The topological polar surface area (TPSA) is 63.9 Å². The minimum absolute atomic E-state index is 0.370. The summed E-state index contributed by atoms with van der Waals surface area (Å²) < 4.78 is 5.35. The number of H-pyrrole nitrogens is 1. The number of anilines is 1. The molecule has 0 saturated carbocycles. The van der Waals surface area contributed by atoms with Crippen molar-refractivity contribution in [2.24, 2.45) is 0 Å². The molecule has 5 heteroatoms. The zero-order valence-electron chi connectivity index (χ0n) is 9.04. The fraction of sp³-hybridized carbons (Fsp3) is 0.182. The molecule has 1 aromatic heterocycles. The highest BCUT2D eigenvalue weighted by Crippen LogP contribution is 2.34. The lowest BCUT2D eigenvalue weighted by atomic mass is 10.1. The zero-order chi connectivity index (χ0) is 11.7. The SMILES string of the molecule is COc1c(C)cc(Cl)cc1-c1cnc(N)[nH]1. The van der Waals surface area contributed by atoms with Gasteiger partial charge in [-0.2, -0.15) is 0 Å². The number of aromatic nitrogens is 2. The van der Waals surface area contributed by atoms with Crippen molar-refractivity contribution in [3.8, 4) is 17.0 Å². The van der Waals surface area contributed by atoms with Crippen molar-refractivity contribution in [2.45, 2.75) is 6.92 Å². The number of imidazole rings is 1.